The van der Waals surface area contributed by atoms with E-state index in [2.05, 4.69) is 0 Å². The van der Waals surface area contributed by atoms with Gasteiger partial charge in [0.25, 0.3) is 0 Å². The van der Waals surface area contributed by atoms with E-state index in [4.69, 9.17) is 0 Å². The van der Waals surface area contributed by atoms with E-state index in [0.29, 0.717) is 0 Å². The molecule has 0 amide bonds. The summed E-state index contributed by atoms with van der Waals surface area (Å²) in [7, 11) is 0. The van der Waals surface area contributed by atoms with Crippen molar-refractivity contribution in [3.05, 3.63) is 0 Å². The third-order valence-corrected chi connectivity index (χ3v) is 3.56. The standard InChI is InChI=1S/2C2H3O.CH3.Cr/c2*1-2-3;;/h2*1H3;1H3;. The van der Waals surface area contributed by atoms with Crippen molar-refractivity contribution in [3.8, 4) is 0 Å². The molecular weight excluding hydrogens is 144 g/mol. The van der Waals surface area contributed by atoms with Gasteiger partial charge in [0, 0.05) is 0 Å². The van der Waals surface area contributed by atoms with Gasteiger partial charge in [0.15, 0.2) is 0 Å². The van der Waals surface area contributed by atoms with Gasteiger partial charge in [-0.1, -0.05) is 0 Å². The summed E-state index contributed by atoms with van der Waals surface area (Å²) in [4.78, 5) is 20.8. The topological polar surface area (TPSA) is 34.1 Å². The molecular formula is C5H9CrO2. The normalized spacial score (nSPS) is 9.50. The predicted octanol–water partition coefficient (Wildman–Crippen LogP) is 0.746. The van der Waals surface area contributed by atoms with Crippen molar-refractivity contribution in [2.75, 3.05) is 0 Å². The first-order chi connectivity index (χ1) is 3.55. The molecule has 0 aromatic heterocycles. The van der Waals surface area contributed by atoms with Gasteiger partial charge >= 0.3 is 52.7 Å². The van der Waals surface area contributed by atoms with Gasteiger partial charge in [0.2, 0.25) is 0 Å². The summed E-state index contributed by atoms with van der Waals surface area (Å²) < 4.78 is 0.134. The zero-order valence-electron chi connectivity index (χ0n) is 5.22. The van der Waals surface area contributed by atoms with Gasteiger partial charge in [-0.15, -0.1) is 0 Å². The van der Waals surface area contributed by atoms with Crippen molar-refractivity contribution in [2.45, 2.75) is 19.6 Å². The third kappa shape index (κ3) is 2.25. The summed E-state index contributed by atoms with van der Waals surface area (Å²) in [6.07, 6.45) is 0. The Labute approximate surface area is 53.3 Å². The molecule has 47 valence electrons. The summed E-state index contributed by atoms with van der Waals surface area (Å²) in [6, 6.07) is 0. The van der Waals surface area contributed by atoms with E-state index in [1.54, 1.807) is 5.79 Å². The Kier molecular flexibility index (Phi) is 2.96. The van der Waals surface area contributed by atoms with Crippen molar-refractivity contribution in [1.82, 2.24) is 0 Å². The van der Waals surface area contributed by atoms with E-state index in [0.717, 1.165) is 0 Å². The molecule has 0 aromatic rings. The van der Waals surface area contributed by atoms with E-state index in [1.165, 1.54) is 13.8 Å². The molecule has 0 spiro atoms. The molecule has 0 atom stereocenters. The number of carbonyl (C=O) groups is 2. The summed E-state index contributed by atoms with van der Waals surface area (Å²) >= 11 is -1.50. The molecule has 0 aromatic carbocycles. The van der Waals surface area contributed by atoms with Gasteiger partial charge < -0.3 is 0 Å². The molecule has 0 aliphatic carbocycles. The minimum absolute atomic E-state index is 0.0671. The molecule has 8 heavy (non-hydrogen) atoms. The van der Waals surface area contributed by atoms with E-state index in [-0.39, 0.29) is 9.29 Å². The Balaban J connectivity index is 3.83. The minimum atomic E-state index is -1.50. The fourth-order valence-electron chi connectivity index (χ4n) is 0.202. The fraction of sp³-hybridized carbons (Fsp3) is 0.600. The maximum absolute atomic E-state index is 10.4. The SMILES string of the molecule is C[C](=O)[Cr]([CH3])[C](C)=O. The predicted molar refractivity (Wildman–Crippen MR) is 27.2 cm³/mol. The van der Waals surface area contributed by atoms with E-state index in [9.17, 15) is 9.59 Å². The quantitative estimate of drug-likeness (QED) is 0.586. The molecule has 0 radical (unpaired) electrons. The zero-order chi connectivity index (χ0) is 6.73. The van der Waals surface area contributed by atoms with Crippen LogP contribution in [0.2, 0.25) is 5.79 Å². The third-order valence-electron chi connectivity index (χ3n) is 0.862. The zero-order valence-corrected chi connectivity index (χ0v) is 6.50. The van der Waals surface area contributed by atoms with Gasteiger partial charge in [-0.25, -0.2) is 0 Å². The van der Waals surface area contributed by atoms with Crippen LogP contribution in [0, 0.1) is 0 Å². The van der Waals surface area contributed by atoms with E-state index < -0.39 is 14.1 Å². The van der Waals surface area contributed by atoms with Crippen LogP contribution in [0.25, 0.3) is 0 Å². The van der Waals surface area contributed by atoms with Crippen LogP contribution in [0.1, 0.15) is 13.8 Å². The summed E-state index contributed by atoms with van der Waals surface area (Å²) in [5.41, 5.74) is 0. The van der Waals surface area contributed by atoms with Gasteiger partial charge in [-0.3, -0.25) is 0 Å². The van der Waals surface area contributed by atoms with Gasteiger partial charge in [0.05, 0.1) is 0 Å². The van der Waals surface area contributed by atoms with Crippen molar-refractivity contribution in [1.29, 1.82) is 0 Å². The van der Waals surface area contributed by atoms with Crippen LogP contribution in [0.15, 0.2) is 0 Å². The van der Waals surface area contributed by atoms with Crippen LogP contribution >= 0.6 is 0 Å². The first-order valence-corrected chi connectivity index (χ1v) is 4.77. The van der Waals surface area contributed by atoms with Crippen molar-refractivity contribution in [2.24, 2.45) is 0 Å². The average Bonchev–Trinajstić information content (AvgIpc) is 1.64. The molecule has 0 unspecified atom stereocenters. The molecule has 0 heterocycles. The molecule has 0 saturated heterocycles. The number of hydrogen-bond donors (Lipinski definition) is 0. The fourth-order valence-corrected chi connectivity index (χ4v) is 0.835. The molecule has 0 N–H and O–H groups in total. The summed E-state index contributed by atoms with van der Waals surface area (Å²) in [5, 5.41) is 0. The van der Waals surface area contributed by atoms with Crippen LogP contribution in [-0.2, 0) is 23.7 Å². The number of hydrogen-bond acceptors (Lipinski definition) is 2. The van der Waals surface area contributed by atoms with Crippen molar-refractivity contribution >= 4 is 9.29 Å². The monoisotopic (exact) mass is 153 g/mol. The molecule has 0 bridgehead atoms. The molecule has 0 aliphatic rings. The van der Waals surface area contributed by atoms with Gasteiger partial charge in [0.1, 0.15) is 0 Å². The van der Waals surface area contributed by atoms with Crippen molar-refractivity contribution in [3.63, 3.8) is 0 Å². The van der Waals surface area contributed by atoms with Crippen LogP contribution in [0.5, 0.6) is 0 Å². The van der Waals surface area contributed by atoms with Gasteiger partial charge in [-0.2, -0.15) is 0 Å². The molecule has 2 nitrogen and oxygen atoms in total. The van der Waals surface area contributed by atoms with E-state index >= 15 is 0 Å². The molecule has 3 heteroatoms. The van der Waals surface area contributed by atoms with Crippen LogP contribution in [0.4, 0.5) is 0 Å². The maximum atomic E-state index is 10.4. The molecule has 0 fully saturated rings. The summed E-state index contributed by atoms with van der Waals surface area (Å²) in [6.45, 7) is 2.96. The second kappa shape index (κ2) is 3.01. The number of rotatable bonds is 2. The second-order valence-corrected chi connectivity index (χ2v) is 4.88. The van der Waals surface area contributed by atoms with Crippen LogP contribution < -0.4 is 0 Å². The Morgan fingerprint density at radius 3 is 1.38 bits per heavy atom. The first kappa shape index (κ1) is 7.87. The van der Waals surface area contributed by atoms with Crippen LogP contribution in [0.3, 0.4) is 0 Å². The Morgan fingerprint density at radius 2 is 1.38 bits per heavy atom. The molecule has 0 aliphatic heterocycles. The Bertz CT molecular complexity index is 106. The molecule has 0 rings (SSSR count). The van der Waals surface area contributed by atoms with Crippen LogP contribution in [-0.4, -0.2) is 9.29 Å². The van der Waals surface area contributed by atoms with Crippen molar-refractivity contribution < 1.29 is 23.7 Å². The average molecular weight is 153 g/mol. The Hall–Kier alpha value is -0.128. The molecule has 0 saturated carbocycles. The number of carbonyl (C=O) groups excluding carboxylic acids is 2. The first-order valence-electron chi connectivity index (χ1n) is 2.22. The Morgan fingerprint density at radius 1 is 1.12 bits per heavy atom. The van der Waals surface area contributed by atoms with E-state index in [1.807, 2.05) is 0 Å². The summed E-state index contributed by atoms with van der Waals surface area (Å²) in [5.74, 6) is 1.74. The van der Waals surface area contributed by atoms with Gasteiger partial charge in [-0.05, 0) is 0 Å². The second-order valence-electron chi connectivity index (χ2n) is 1.49.